The summed E-state index contributed by atoms with van der Waals surface area (Å²) in [5.74, 6) is 0.310. The van der Waals surface area contributed by atoms with Crippen molar-refractivity contribution in [2.75, 3.05) is 5.32 Å². The van der Waals surface area contributed by atoms with Crippen LogP contribution in [0.5, 0.6) is 0 Å². The lowest BCUT2D eigenvalue weighted by molar-refractivity contribution is -0.111. The van der Waals surface area contributed by atoms with E-state index in [1.54, 1.807) is 36.3 Å². The number of anilines is 1. The third-order valence-electron chi connectivity index (χ3n) is 3.04. The summed E-state index contributed by atoms with van der Waals surface area (Å²) in [7, 11) is 1.80. The molecule has 1 N–H and O–H groups in total. The summed E-state index contributed by atoms with van der Waals surface area (Å²) in [5.41, 5.74) is 1.78. The van der Waals surface area contributed by atoms with Crippen LogP contribution < -0.4 is 5.32 Å². The van der Waals surface area contributed by atoms with Crippen LogP contribution in [0.15, 0.2) is 54.9 Å². The van der Waals surface area contributed by atoms with E-state index in [0.717, 1.165) is 16.5 Å². The van der Waals surface area contributed by atoms with Crippen molar-refractivity contribution in [1.82, 2.24) is 14.8 Å². The Balaban J connectivity index is 1.79. The predicted molar refractivity (Wildman–Crippen MR) is 82.6 cm³/mol. The summed E-state index contributed by atoms with van der Waals surface area (Å²) in [5, 5.41) is 7.84. The minimum absolute atomic E-state index is 0.221. The minimum atomic E-state index is -0.221. The summed E-state index contributed by atoms with van der Waals surface area (Å²) in [6.07, 6.45) is 6.76. The molecule has 3 aromatic rings. The zero-order valence-electron chi connectivity index (χ0n) is 11.5. The second-order valence-corrected chi connectivity index (χ2v) is 4.62. The monoisotopic (exact) mass is 278 g/mol. The van der Waals surface area contributed by atoms with Crippen LogP contribution in [0.2, 0.25) is 0 Å². The molecule has 0 radical (unpaired) electrons. The van der Waals surface area contributed by atoms with Gasteiger partial charge in [0.15, 0.2) is 5.82 Å². The number of aryl methyl sites for hydroxylation is 1. The number of nitrogens with zero attached hydrogens (tertiary/aromatic N) is 3. The van der Waals surface area contributed by atoms with E-state index in [1.165, 1.54) is 6.08 Å². The molecule has 2 heterocycles. The Morgan fingerprint density at radius 2 is 2.10 bits per heavy atom. The van der Waals surface area contributed by atoms with Crippen LogP contribution >= 0.6 is 0 Å². The van der Waals surface area contributed by atoms with Crippen molar-refractivity contribution in [2.24, 2.45) is 7.05 Å². The van der Waals surface area contributed by atoms with Gasteiger partial charge in [-0.2, -0.15) is 5.10 Å². The maximum Gasteiger partial charge on any atom is 0.249 e. The fourth-order valence-electron chi connectivity index (χ4n) is 2.08. The second-order valence-electron chi connectivity index (χ2n) is 4.62. The van der Waals surface area contributed by atoms with E-state index in [-0.39, 0.29) is 5.91 Å². The topological polar surface area (TPSA) is 59.8 Å². The second kappa shape index (κ2) is 5.58. The van der Waals surface area contributed by atoms with Gasteiger partial charge in [-0.05, 0) is 12.1 Å². The molecule has 2 aromatic heterocycles. The van der Waals surface area contributed by atoms with Crippen LogP contribution in [0.3, 0.4) is 0 Å². The highest BCUT2D eigenvalue weighted by Gasteiger charge is 2.02. The lowest BCUT2D eigenvalue weighted by atomic mass is 10.1. The van der Waals surface area contributed by atoms with Crippen molar-refractivity contribution in [2.45, 2.75) is 0 Å². The fourth-order valence-corrected chi connectivity index (χ4v) is 2.08. The number of amides is 1. The lowest BCUT2D eigenvalue weighted by Gasteiger charge is -2.00. The summed E-state index contributed by atoms with van der Waals surface area (Å²) in [4.78, 5) is 16.2. The molecule has 0 aliphatic heterocycles. The van der Waals surface area contributed by atoms with E-state index in [4.69, 9.17) is 0 Å². The Hall–Kier alpha value is -2.95. The molecule has 104 valence electrons. The number of hydrogen-bond donors (Lipinski definition) is 1. The molecular weight excluding hydrogens is 264 g/mol. The van der Waals surface area contributed by atoms with Crippen molar-refractivity contribution in [3.63, 3.8) is 0 Å². The summed E-state index contributed by atoms with van der Waals surface area (Å²) < 4.78 is 1.63. The number of pyridine rings is 1. The molecule has 0 aliphatic carbocycles. The van der Waals surface area contributed by atoms with Crippen LogP contribution in [-0.2, 0) is 11.8 Å². The normalized spacial score (nSPS) is 11.1. The van der Waals surface area contributed by atoms with Crippen molar-refractivity contribution in [3.05, 3.63) is 60.4 Å². The van der Waals surface area contributed by atoms with Crippen LogP contribution in [0.1, 0.15) is 5.56 Å². The van der Waals surface area contributed by atoms with Crippen molar-refractivity contribution >= 4 is 28.7 Å². The Bertz CT molecular complexity index is 815. The van der Waals surface area contributed by atoms with E-state index in [1.807, 2.05) is 30.3 Å². The average Bonchev–Trinajstić information content (AvgIpc) is 2.90. The zero-order valence-corrected chi connectivity index (χ0v) is 11.5. The Kier molecular flexibility index (Phi) is 3.47. The molecule has 5 nitrogen and oxygen atoms in total. The van der Waals surface area contributed by atoms with E-state index < -0.39 is 0 Å². The quantitative estimate of drug-likeness (QED) is 0.749. The van der Waals surface area contributed by atoms with Gasteiger partial charge in [0.2, 0.25) is 5.91 Å². The number of benzene rings is 1. The molecule has 0 aliphatic rings. The summed E-state index contributed by atoms with van der Waals surface area (Å²) in [6, 6.07) is 11.5. The van der Waals surface area contributed by atoms with Gasteiger partial charge in [-0.15, -0.1) is 0 Å². The molecule has 3 rings (SSSR count). The highest BCUT2D eigenvalue weighted by Crippen LogP contribution is 2.17. The van der Waals surface area contributed by atoms with E-state index >= 15 is 0 Å². The first-order chi connectivity index (χ1) is 10.2. The first-order valence-corrected chi connectivity index (χ1v) is 6.55. The maximum absolute atomic E-state index is 11.9. The average molecular weight is 278 g/mol. The number of fused-ring (bicyclic) bond motifs is 1. The Labute approximate surface area is 121 Å². The molecule has 0 saturated heterocycles. The first kappa shape index (κ1) is 13.1. The summed E-state index contributed by atoms with van der Waals surface area (Å²) >= 11 is 0. The molecule has 0 fully saturated rings. The standard InChI is InChI=1S/C16H14N4O/c1-20-11-9-14(19-20)18-15(21)8-7-13-5-2-4-12-6-3-10-17-16(12)13/h2-11H,1H3,(H,18,19,21)/b8-7+. The molecule has 0 atom stereocenters. The molecule has 1 aromatic carbocycles. The van der Waals surface area contributed by atoms with Crippen LogP contribution in [0.25, 0.3) is 17.0 Å². The smallest absolute Gasteiger partial charge is 0.249 e. The van der Waals surface area contributed by atoms with E-state index in [9.17, 15) is 4.79 Å². The Morgan fingerprint density at radius 3 is 2.90 bits per heavy atom. The van der Waals surface area contributed by atoms with Gasteiger partial charge in [0.25, 0.3) is 0 Å². The van der Waals surface area contributed by atoms with Crippen molar-refractivity contribution in [3.8, 4) is 0 Å². The third-order valence-corrected chi connectivity index (χ3v) is 3.04. The van der Waals surface area contributed by atoms with Crippen LogP contribution in [0.4, 0.5) is 5.82 Å². The predicted octanol–water partition coefficient (Wildman–Crippen LogP) is 2.62. The van der Waals surface area contributed by atoms with Crippen LogP contribution in [0, 0.1) is 0 Å². The van der Waals surface area contributed by atoms with Gasteiger partial charge < -0.3 is 5.32 Å². The Morgan fingerprint density at radius 1 is 1.24 bits per heavy atom. The fraction of sp³-hybridized carbons (Fsp3) is 0.0625. The molecular formula is C16H14N4O. The van der Waals surface area contributed by atoms with Gasteiger partial charge in [0.05, 0.1) is 5.52 Å². The molecule has 0 spiro atoms. The highest BCUT2D eigenvalue weighted by molar-refractivity contribution is 6.02. The molecule has 0 saturated carbocycles. The summed E-state index contributed by atoms with van der Waals surface area (Å²) in [6.45, 7) is 0. The molecule has 0 bridgehead atoms. The number of hydrogen-bond acceptors (Lipinski definition) is 3. The first-order valence-electron chi connectivity index (χ1n) is 6.55. The molecule has 0 unspecified atom stereocenters. The number of rotatable bonds is 3. The van der Waals surface area contributed by atoms with Crippen LogP contribution in [-0.4, -0.2) is 20.7 Å². The van der Waals surface area contributed by atoms with Crippen molar-refractivity contribution < 1.29 is 4.79 Å². The molecule has 21 heavy (non-hydrogen) atoms. The zero-order chi connectivity index (χ0) is 14.7. The van der Waals surface area contributed by atoms with Gasteiger partial charge in [-0.25, -0.2) is 0 Å². The highest BCUT2D eigenvalue weighted by atomic mass is 16.1. The number of para-hydroxylation sites is 1. The third kappa shape index (κ3) is 2.97. The van der Waals surface area contributed by atoms with Gasteiger partial charge >= 0.3 is 0 Å². The number of nitrogens with one attached hydrogen (secondary N) is 1. The number of carbonyl (C=O) groups is 1. The number of carbonyl (C=O) groups excluding carboxylic acids is 1. The number of aromatic nitrogens is 3. The van der Waals surface area contributed by atoms with Gasteiger partial charge in [0.1, 0.15) is 0 Å². The minimum Gasteiger partial charge on any atom is -0.306 e. The molecule has 5 heteroatoms. The molecule has 1 amide bonds. The SMILES string of the molecule is Cn1ccc(NC(=O)/C=C/c2cccc3cccnc23)n1. The van der Waals surface area contributed by atoms with Gasteiger partial charge in [0, 0.05) is 42.5 Å². The van der Waals surface area contributed by atoms with E-state index in [0.29, 0.717) is 5.82 Å². The van der Waals surface area contributed by atoms with Gasteiger partial charge in [-0.3, -0.25) is 14.5 Å². The lowest BCUT2D eigenvalue weighted by Crippen LogP contribution is -2.08. The van der Waals surface area contributed by atoms with Gasteiger partial charge in [-0.1, -0.05) is 24.3 Å². The maximum atomic E-state index is 11.9. The van der Waals surface area contributed by atoms with Crippen molar-refractivity contribution in [1.29, 1.82) is 0 Å². The van der Waals surface area contributed by atoms with E-state index in [2.05, 4.69) is 15.4 Å². The largest absolute Gasteiger partial charge is 0.306 e.